The van der Waals surface area contributed by atoms with Crippen LogP contribution in [-0.4, -0.2) is 16.1 Å². The minimum atomic E-state index is -0.887. The molecule has 4 nitrogen and oxygen atoms in total. The first kappa shape index (κ1) is 11.4. The Labute approximate surface area is 115 Å². The second kappa shape index (κ2) is 4.02. The van der Waals surface area contributed by atoms with E-state index in [4.69, 9.17) is 9.57 Å². The van der Waals surface area contributed by atoms with Gasteiger partial charge in [-0.1, -0.05) is 12.2 Å². The van der Waals surface area contributed by atoms with Gasteiger partial charge in [-0.2, -0.15) is 4.73 Å². The van der Waals surface area contributed by atoms with Gasteiger partial charge >= 0.3 is 0 Å². The van der Waals surface area contributed by atoms with Gasteiger partial charge in [-0.25, -0.2) is 0 Å². The second-order valence-corrected chi connectivity index (χ2v) is 4.87. The number of nitrogens with zero attached hydrogens (tertiary/aromatic N) is 1. The standard InChI is InChI=1S/C16H13NO3/c1-10-13-6-3-7-20-17(13)14-5-2-4-11-8-15(18)19-9-12(11)16(10)14/h2-9,15,18H,1H3. The fraction of sp³-hybridized carbons (Fsp3) is 0.125. The zero-order valence-corrected chi connectivity index (χ0v) is 10.9. The number of hydrogen-bond donors (Lipinski definition) is 1. The van der Waals surface area contributed by atoms with Crippen LogP contribution in [0.4, 0.5) is 0 Å². The number of aliphatic hydroxyl groups is 1. The minimum Gasteiger partial charge on any atom is -0.468 e. The number of hydrogen-bond acceptors (Lipinski definition) is 3. The molecule has 100 valence electrons. The zero-order chi connectivity index (χ0) is 13.7. The molecule has 1 aromatic heterocycles. The molecule has 1 unspecified atom stereocenters. The van der Waals surface area contributed by atoms with Gasteiger partial charge in [-0.05, 0) is 42.4 Å². The van der Waals surface area contributed by atoms with E-state index in [1.165, 1.54) is 0 Å². The van der Waals surface area contributed by atoms with Gasteiger partial charge in [0, 0.05) is 11.1 Å². The molecule has 1 atom stereocenters. The molecule has 0 saturated heterocycles. The maximum atomic E-state index is 9.59. The lowest BCUT2D eigenvalue weighted by Crippen LogP contribution is -2.33. The van der Waals surface area contributed by atoms with Crippen molar-refractivity contribution in [2.24, 2.45) is 0 Å². The number of ether oxygens (including phenoxy) is 1. The Morgan fingerprint density at radius 2 is 2.05 bits per heavy atom. The number of aromatic nitrogens is 1. The topological polar surface area (TPSA) is 43.6 Å². The van der Waals surface area contributed by atoms with Crippen LogP contribution in [0.2, 0.25) is 0 Å². The van der Waals surface area contributed by atoms with Crippen LogP contribution in [0.15, 0.2) is 42.4 Å². The summed E-state index contributed by atoms with van der Waals surface area (Å²) in [4.78, 5) is 5.60. The molecular weight excluding hydrogens is 254 g/mol. The molecule has 1 N–H and O–H groups in total. The van der Waals surface area contributed by atoms with Gasteiger partial charge in [-0.15, -0.1) is 0 Å². The van der Waals surface area contributed by atoms with Crippen LogP contribution < -0.4 is 15.5 Å². The quantitative estimate of drug-likeness (QED) is 0.744. The molecule has 1 aliphatic carbocycles. The number of allylic oxidation sites excluding steroid dienone is 5. The molecule has 0 fully saturated rings. The van der Waals surface area contributed by atoms with E-state index in [9.17, 15) is 5.11 Å². The Morgan fingerprint density at radius 1 is 1.20 bits per heavy atom. The maximum Gasteiger partial charge on any atom is 0.217 e. The Morgan fingerprint density at radius 3 is 2.95 bits per heavy atom. The highest BCUT2D eigenvalue weighted by Gasteiger charge is 2.23. The number of rotatable bonds is 0. The highest BCUT2D eigenvalue weighted by Crippen LogP contribution is 2.29. The van der Waals surface area contributed by atoms with E-state index in [0.29, 0.717) is 0 Å². The SMILES string of the molecule is Cc1c2c(n3c1=CC=CO3)=CC=CC1=CC(O)OC=C12. The summed E-state index contributed by atoms with van der Waals surface area (Å²) >= 11 is 0. The highest BCUT2D eigenvalue weighted by atomic mass is 16.7. The van der Waals surface area contributed by atoms with E-state index in [1.54, 1.807) is 18.6 Å². The number of fused-ring (bicyclic) bond motifs is 5. The second-order valence-electron chi connectivity index (χ2n) is 4.87. The molecule has 4 rings (SSSR count). The summed E-state index contributed by atoms with van der Waals surface area (Å²) in [6.07, 6.45) is 13.9. The summed E-state index contributed by atoms with van der Waals surface area (Å²) in [6, 6.07) is 0. The van der Waals surface area contributed by atoms with Crippen LogP contribution in [0.5, 0.6) is 0 Å². The van der Waals surface area contributed by atoms with E-state index in [1.807, 2.05) is 35.1 Å². The highest BCUT2D eigenvalue weighted by molar-refractivity contribution is 5.85. The molecular formula is C16H13NO3. The summed E-state index contributed by atoms with van der Waals surface area (Å²) in [7, 11) is 0. The predicted octanol–water partition coefficient (Wildman–Crippen LogP) is 0.499. The van der Waals surface area contributed by atoms with Gasteiger partial charge in [0.05, 0.1) is 17.0 Å². The van der Waals surface area contributed by atoms with E-state index in [-0.39, 0.29) is 0 Å². The van der Waals surface area contributed by atoms with Crippen molar-refractivity contribution in [1.29, 1.82) is 0 Å². The largest absolute Gasteiger partial charge is 0.468 e. The fourth-order valence-electron chi connectivity index (χ4n) is 2.81. The Bertz CT molecular complexity index is 834. The molecule has 0 spiro atoms. The third kappa shape index (κ3) is 1.45. The molecule has 3 aliphatic rings. The van der Waals surface area contributed by atoms with E-state index in [2.05, 4.69) is 6.92 Å². The monoisotopic (exact) mass is 267 g/mol. The van der Waals surface area contributed by atoms with E-state index in [0.717, 1.165) is 33.0 Å². The summed E-state index contributed by atoms with van der Waals surface area (Å²) in [5, 5.41) is 11.6. The van der Waals surface area contributed by atoms with Gasteiger partial charge in [0.15, 0.2) is 0 Å². The first-order valence-corrected chi connectivity index (χ1v) is 6.46. The maximum absolute atomic E-state index is 9.59. The normalized spacial score (nSPS) is 21.8. The van der Waals surface area contributed by atoms with Crippen molar-refractivity contribution in [1.82, 2.24) is 4.73 Å². The van der Waals surface area contributed by atoms with E-state index < -0.39 is 6.29 Å². The average Bonchev–Trinajstić information content (AvgIpc) is 2.63. The van der Waals surface area contributed by atoms with Crippen molar-refractivity contribution in [2.75, 3.05) is 0 Å². The Balaban J connectivity index is 2.07. The predicted molar refractivity (Wildman–Crippen MR) is 75.4 cm³/mol. The molecule has 0 radical (unpaired) electrons. The van der Waals surface area contributed by atoms with Gasteiger partial charge in [0.1, 0.15) is 6.26 Å². The average molecular weight is 267 g/mol. The zero-order valence-electron chi connectivity index (χ0n) is 10.9. The Kier molecular flexibility index (Phi) is 2.28. The lowest BCUT2D eigenvalue weighted by atomic mass is 9.97. The first-order valence-electron chi connectivity index (χ1n) is 6.46. The molecule has 3 heterocycles. The molecule has 0 amide bonds. The van der Waals surface area contributed by atoms with Crippen LogP contribution in [0.3, 0.4) is 0 Å². The summed E-state index contributed by atoms with van der Waals surface area (Å²) < 4.78 is 7.05. The van der Waals surface area contributed by atoms with E-state index >= 15 is 0 Å². The Hall–Kier alpha value is -2.46. The van der Waals surface area contributed by atoms with Gasteiger partial charge in [-0.3, -0.25) is 0 Å². The van der Waals surface area contributed by atoms with Crippen molar-refractivity contribution >= 4 is 17.7 Å². The molecule has 1 aromatic rings. The molecule has 4 heteroatoms. The van der Waals surface area contributed by atoms with Crippen LogP contribution in [0.25, 0.3) is 17.7 Å². The molecule has 0 saturated carbocycles. The van der Waals surface area contributed by atoms with Crippen LogP contribution in [-0.2, 0) is 4.74 Å². The van der Waals surface area contributed by atoms with Crippen LogP contribution in [0.1, 0.15) is 11.1 Å². The lowest BCUT2D eigenvalue weighted by molar-refractivity contribution is -0.0128. The smallest absolute Gasteiger partial charge is 0.217 e. The summed E-state index contributed by atoms with van der Waals surface area (Å²) in [6.45, 7) is 2.06. The molecule has 0 aromatic carbocycles. The van der Waals surface area contributed by atoms with Gasteiger partial charge < -0.3 is 14.7 Å². The minimum absolute atomic E-state index is 0.887. The lowest BCUT2D eigenvalue weighted by Gasteiger charge is -2.17. The van der Waals surface area contributed by atoms with Crippen molar-refractivity contribution in [3.05, 3.63) is 64.2 Å². The van der Waals surface area contributed by atoms with Crippen LogP contribution in [0, 0.1) is 6.92 Å². The van der Waals surface area contributed by atoms with Gasteiger partial charge in [0.2, 0.25) is 6.29 Å². The number of aliphatic hydroxyl groups excluding tert-OH is 1. The molecule has 0 bridgehead atoms. The first-order chi connectivity index (χ1) is 9.75. The molecule has 2 aliphatic heterocycles. The van der Waals surface area contributed by atoms with Crippen molar-refractivity contribution in [3.8, 4) is 0 Å². The third-order valence-corrected chi connectivity index (χ3v) is 3.71. The van der Waals surface area contributed by atoms with Crippen LogP contribution >= 0.6 is 0 Å². The van der Waals surface area contributed by atoms with Crippen molar-refractivity contribution < 1.29 is 14.7 Å². The molecule has 20 heavy (non-hydrogen) atoms. The summed E-state index contributed by atoms with van der Waals surface area (Å²) in [5.41, 5.74) is 4.12. The summed E-state index contributed by atoms with van der Waals surface area (Å²) in [5.74, 6) is 0. The fourth-order valence-corrected chi connectivity index (χ4v) is 2.81. The van der Waals surface area contributed by atoms with Crippen molar-refractivity contribution in [2.45, 2.75) is 13.2 Å². The van der Waals surface area contributed by atoms with Crippen molar-refractivity contribution in [3.63, 3.8) is 0 Å². The third-order valence-electron chi connectivity index (χ3n) is 3.71. The van der Waals surface area contributed by atoms with Gasteiger partial charge in [0.25, 0.3) is 0 Å².